The van der Waals surface area contributed by atoms with Gasteiger partial charge in [-0.3, -0.25) is 14.9 Å². The van der Waals surface area contributed by atoms with Gasteiger partial charge in [-0.05, 0) is 54.8 Å². The average Bonchev–Trinajstić information content (AvgIpc) is 3.25. The molecular formula is C22H20N4O4S. The minimum atomic E-state index is -0.375. The minimum Gasteiger partial charge on any atom is -0.378 e. The van der Waals surface area contributed by atoms with E-state index in [1.807, 2.05) is 36.9 Å². The van der Waals surface area contributed by atoms with Crippen molar-refractivity contribution in [3.63, 3.8) is 0 Å². The summed E-state index contributed by atoms with van der Waals surface area (Å²) in [5, 5.41) is 11.7. The Labute approximate surface area is 181 Å². The van der Waals surface area contributed by atoms with E-state index in [1.54, 1.807) is 16.5 Å². The van der Waals surface area contributed by atoms with Crippen molar-refractivity contribution in [1.82, 2.24) is 9.38 Å². The molecule has 2 aromatic heterocycles. The zero-order valence-electron chi connectivity index (χ0n) is 17.1. The Morgan fingerprint density at radius 3 is 2.65 bits per heavy atom. The predicted molar refractivity (Wildman–Crippen MR) is 121 cm³/mol. The molecule has 0 aliphatic carbocycles. The lowest BCUT2D eigenvalue weighted by Crippen LogP contribution is -2.36. The summed E-state index contributed by atoms with van der Waals surface area (Å²) in [6, 6.07) is 9.05. The molecule has 0 N–H and O–H groups in total. The highest BCUT2D eigenvalue weighted by molar-refractivity contribution is 7.15. The molecule has 2 aromatic carbocycles. The van der Waals surface area contributed by atoms with Crippen LogP contribution in [0.25, 0.3) is 22.1 Å². The van der Waals surface area contributed by atoms with Gasteiger partial charge in [-0.15, -0.1) is 0 Å². The second kappa shape index (κ2) is 7.44. The third kappa shape index (κ3) is 3.35. The van der Waals surface area contributed by atoms with Gasteiger partial charge in [0.15, 0.2) is 4.96 Å². The summed E-state index contributed by atoms with van der Waals surface area (Å²) in [6.07, 6.45) is 1.70. The standard InChI is InChI=1S/C22H20N4O4S/c1-13-9-16-18(10-14(13)2)25-21(27)20(31-22(25)23-16)12-15-3-4-17(19(11-15)26(28)29)24-5-7-30-8-6-24/h3-4,9-12H,5-8H2,1-2H3/b20-12-. The van der Waals surface area contributed by atoms with Crippen LogP contribution >= 0.6 is 11.3 Å². The summed E-state index contributed by atoms with van der Waals surface area (Å²) < 4.78 is 7.46. The molecule has 1 fully saturated rings. The van der Waals surface area contributed by atoms with Crippen molar-refractivity contribution in [2.24, 2.45) is 0 Å². The number of nitro benzene ring substituents is 1. The quantitative estimate of drug-likeness (QED) is 0.362. The monoisotopic (exact) mass is 436 g/mol. The Morgan fingerprint density at radius 1 is 1.16 bits per heavy atom. The first kappa shape index (κ1) is 19.7. The van der Waals surface area contributed by atoms with Gasteiger partial charge >= 0.3 is 0 Å². The van der Waals surface area contributed by atoms with Gasteiger partial charge in [0.25, 0.3) is 11.2 Å². The number of imidazole rings is 1. The molecule has 1 saturated heterocycles. The molecule has 0 bridgehead atoms. The van der Waals surface area contributed by atoms with Crippen LogP contribution in [0, 0.1) is 24.0 Å². The van der Waals surface area contributed by atoms with Crippen LogP contribution in [0.5, 0.6) is 0 Å². The first-order valence-corrected chi connectivity index (χ1v) is 10.8. The Balaban J connectivity index is 1.62. The maximum absolute atomic E-state index is 13.1. The number of nitro groups is 1. The van der Waals surface area contributed by atoms with Crippen molar-refractivity contribution in [1.29, 1.82) is 0 Å². The highest BCUT2D eigenvalue weighted by atomic mass is 32.1. The Morgan fingerprint density at radius 2 is 1.90 bits per heavy atom. The third-order valence-electron chi connectivity index (χ3n) is 5.70. The number of benzene rings is 2. The van der Waals surface area contributed by atoms with Crippen LogP contribution in [-0.4, -0.2) is 40.6 Å². The van der Waals surface area contributed by atoms with E-state index in [4.69, 9.17) is 4.74 Å². The fraction of sp³-hybridized carbons (Fsp3) is 0.273. The zero-order chi connectivity index (χ0) is 21.7. The van der Waals surface area contributed by atoms with Crippen LogP contribution in [0.4, 0.5) is 11.4 Å². The summed E-state index contributed by atoms with van der Waals surface area (Å²) in [6.45, 7) is 6.35. The van der Waals surface area contributed by atoms with Gasteiger partial charge < -0.3 is 9.64 Å². The van der Waals surface area contributed by atoms with E-state index < -0.39 is 0 Å². The number of rotatable bonds is 3. The van der Waals surface area contributed by atoms with Gasteiger partial charge in [0.05, 0.1) is 33.7 Å². The molecule has 3 heterocycles. The molecule has 5 rings (SSSR count). The second-order valence-electron chi connectivity index (χ2n) is 7.68. The number of aryl methyl sites for hydroxylation is 2. The highest BCUT2D eigenvalue weighted by Gasteiger charge is 2.22. The van der Waals surface area contributed by atoms with E-state index >= 15 is 0 Å². The maximum Gasteiger partial charge on any atom is 0.293 e. The van der Waals surface area contributed by atoms with E-state index in [1.165, 1.54) is 17.4 Å². The highest BCUT2D eigenvalue weighted by Crippen LogP contribution is 2.30. The van der Waals surface area contributed by atoms with E-state index in [2.05, 4.69) is 4.98 Å². The lowest BCUT2D eigenvalue weighted by Gasteiger charge is -2.28. The first-order chi connectivity index (χ1) is 14.9. The predicted octanol–water partition coefficient (Wildman–Crippen LogP) is 2.82. The van der Waals surface area contributed by atoms with Crippen molar-refractivity contribution < 1.29 is 9.66 Å². The van der Waals surface area contributed by atoms with Crippen LogP contribution in [-0.2, 0) is 4.74 Å². The van der Waals surface area contributed by atoms with E-state index in [0.717, 1.165) is 22.2 Å². The summed E-state index contributed by atoms with van der Waals surface area (Å²) in [5.41, 5.74) is 4.86. The molecule has 0 spiro atoms. The van der Waals surface area contributed by atoms with E-state index in [9.17, 15) is 14.9 Å². The lowest BCUT2D eigenvalue weighted by molar-refractivity contribution is -0.384. The molecule has 4 aromatic rings. The van der Waals surface area contributed by atoms with Crippen molar-refractivity contribution >= 4 is 44.8 Å². The smallest absolute Gasteiger partial charge is 0.293 e. The number of ether oxygens (including phenoxy) is 1. The van der Waals surface area contributed by atoms with Crippen molar-refractivity contribution in [3.05, 3.63) is 72.0 Å². The van der Waals surface area contributed by atoms with Gasteiger partial charge in [0.2, 0.25) is 0 Å². The molecule has 1 aliphatic heterocycles. The number of aromatic nitrogens is 2. The number of anilines is 1. The lowest BCUT2D eigenvalue weighted by atomic mass is 10.1. The number of hydrogen-bond acceptors (Lipinski definition) is 7. The third-order valence-corrected chi connectivity index (χ3v) is 6.67. The SMILES string of the molecule is Cc1cc2nc3s/c(=C\c4ccc(N5CCOCC5)c([N+](=O)[O-])c4)c(=O)n3c2cc1C. The molecule has 9 heteroatoms. The summed E-state index contributed by atoms with van der Waals surface area (Å²) in [5.74, 6) is 0. The van der Waals surface area contributed by atoms with Crippen molar-refractivity contribution in [3.8, 4) is 0 Å². The Kier molecular flexibility index (Phi) is 4.71. The van der Waals surface area contributed by atoms with Crippen LogP contribution in [0.3, 0.4) is 0 Å². The van der Waals surface area contributed by atoms with Gasteiger partial charge in [-0.2, -0.15) is 0 Å². The number of thiazole rings is 1. The Bertz CT molecular complexity index is 1450. The van der Waals surface area contributed by atoms with Gasteiger partial charge in [-0.1, -0.05) is 17.4 Å². The molecule has 0 radical (unpaired) electrons. The number of nitrogens with zero attached hydrogens (tertiary/aromatic N) is 4. The van der Waals surface area contributed by atoms with Crippen LogP contribution in [0.2, 0.25) is 0 Å². The molecule has 8 nitrogen and oxygen atoms in total. The van der Waals surface area contributed by atoms with Crippen LogP contribution < -0.4 is 15.0 Å². The largest absolute Gasteiger partial charge is 0.378 e. The molecule has 158 valence electrons. The van der Waals surface area contributed by atoms with E-state index in [0.29, 0.717) is 47.0 Å². The van der Waals surface area contributed by atoms with Gasteiger partial charge in [0.1, 0.15) is 5.69 Å². The molecule has 31 heavy (non-hydrogen) atoms. The molecule has 0 amide bonds. The Hall–Kier alpha value is -3.30. The maximum atomic E-state index is 13.1. The summed E-state index contributed by atoms with van der Waals surface area (Å²) in [7, 11) is 0. The normalized spacial score (nSPS) is 15.3. The van der Waals surface area contributed by atoms with Crippen molar-refractivity contribution in [2.45, 2.75) is 13.8 Å². The second-order valence-corrected chi connectivity index (χ2v) is 8.68. The molecule has 0 atom stereocenters. The molecule has 0 saturated carbocycles. The van der Waals surface area contributed by atoms with Crippen LogP contribution in [0.15, 0.2) is 35.1 Å². The zero-order valence-corrected chi connectivity index (χ0v) is 17.9. The molecule has 1 aliphatic rings. The average molecular weight is 436 g/mol. The molecular weight excluding hydrogens is 416 g/mol. The summed E-state index contributed by atoms with van der Waals surface area (Å²) >= 11 is 1.29. The fourth-order valence-electron chi connectivity index (χ4n) is 3.92. The number of morpholine rings is 1. The molecule has 0 unspecified atom stereocenters. The topological polar surface area (TPSA) is 90.0 Å². The fourth-order valence-corrected chi connectivity index (χ4v) is 4.90. The van der Waals surface area contributed by atoms with Gasteiger partial charge in [-0.25, -0.2) is 9.38 Å². The summed E-state index contributed by atoms with van der Waals surface area (Å²) in [4.78, 5) is 31.6. The van der Waals surface area contributed by atoms with E-state index in [-0.39, 0.29) is 16.2 Å². The van der Waals surface area contributed by atoms with Crippen LogP contribution in [0.1, 0.15) is 16.7 Å². The van der Waals surface area contributed by atoms with Crippen molar-refractivity contribution in [2.75, 3.05) is 31.2 Å². The number of hydrogen-bond donors (Lipinski definition) is 0. The van der Waals surface area contributed by atoms with Gasteiger partial charge in [0, 0.05) is 19.2 Å². The number of fused-ring (bicyclic) bond motifs is 3. The first-order valence-electron chi connectivity index (χ1n) is 9.97. The minimum absolute atomic E-state index is 0.0287.